The molecule has 0 radical (unpaired) electrons. The highest BCUT2D eigenvalue weighted by Crippen LogP contribution is 2.34. The third-order valence-corrected chi connectivity index (χ3v) is 4.73. The Morgan fingerprint density at radius 3 is 2.64 bits per heavy atom. The topological polar surface area (TPSA) is 79.5 Å². The molecule has 0 spiro atoms. The Morgan fingerprint density at radius 1 is 1.36 bits per heavy atom. The maximum absolute atomic E-state index is 12.5. The Kier molecular flexibility index (Phi) is 4.94. The summed E-state index contributed by atoms with van der Waals surface area (Å²) in [6.07, 6.45) is 4.66. The molecule has 2 atom stereocenters. The van der Waals surface area contributed by atoms with E-state index in [-0.39, 0.29) is 11.7 Å². The van der Waals surface area contributed by atoms with Crippen LogP contribution in [0.1, 0.15) is 68.3 Å². The number of amides is 1. The molecule has 122 valence electrons. The van der Waals surface area contributed by atoms with Gasteiger partial charge in [-0.05, 0) is 37.8 Å². The largest absolute Gasteiger partial charge is 0.481 e. The van der Waals surface area contributed by atoms with Crippen molar-refractivity contribution >= 4 is 11.9 Å². The van der Waals surface area contributed by atoms with E-state index in [4.69, 9.17) is 4.42 Å². The number of rotatable bonds is 5. The number of furan rings is 1. The fraction of sp³-hybridized carbons (Fsp3) is 0.647. The third-order valence-electron chi connectivity index (χ3n) is 4.73. The Morgan fingerprint density at radius 2 is 2.09 bits per heavy atom. The van der Waals surface area contributed by atoms with Crippen LogP contribution in [0.4, 0.5) is 0 Å². The number of carbonyl (C=O) groups is 2. The molecule has 1 aliphatic rings. The molecular weight excluding hydrogens is 282 g/mol. The lowest BCUT2D eigenvalue weighted by molar-refractivity contribution is -0.145. The molecule has 1 heterocycles. The van der Waals surface area contributed by atoms with Crippen molar-refractivity contribution in [3.05, 3.63) is 23.2 Å². The summed E-state index contributed by atoms with van der Waals surface area (Å²) in [6, 6.07) is 1.77. The van der Waals surface area contributed by atoms with Gasteiger partial charge >= 0.3 is 5.97 Å². The van der Waals surface area contributed by atoms with Gasteiger partial charge in [0.05, 0.1) is 11.5 Å². The van der Waals surface area contributed by atoms with E-state index < -0.39 is 17.4 Å². The van der Waals surface area contributed by atoms with Crippen LogP contribution < -0.4 is 5.32 Å². The van der Waals surface area contributed by atoms with Gasteiger partial charge in [-0.1, -0.05) is 26.7 Å². The molecule has 22 heavy (non-hydrogen) atoms. The minimum Gasteiger partial charge on any atom is -0.481 e. The highest BCUT2D eigenvalue weighted by molar-refractivity contribution is 5.92. The zero-order chi connectivity index (χ0) is 16.3. The fourth-order valence-corrected chi connectivity index (χ4v) is 3.38. The lowest BCUT2D eigenvalue weighted by Gasteiger charge is -2.39. The SMILES string of the molecule is CCc1cc(C(=O)NC2(C)CCCCC2C(=O)O)oc1CC. The first-order chi connectivity index (χ1) is 10.4. The van der Waals surface area contributed by atoms with Crippen molar-refractivity contribution in [3.63, 3.8) is 0 Å². The van der Waals surface area contributed by atoms with Gasteiger partial charge in [-0.25, -0.2) is 0 Å². The molecule has 5 heteroatoms. The van der Waals surface area contributed by atoms with Gasteiger partial charge in [0.2, 0.25) is 0 Å². The summed E-state index contributed by atoms with van der Waals surface area (Å²) in [7, 11) is 0. The second kappa shape index (κ2) is 6.55. The maximum atomic E-state index is 12.5. The molecule has 1 aliphatic carbocycles. The second-order valence-electron chi connectivity index (χ2n) is 6.27. The number of aliphatic carboxylic acids is 1. The molecule has 1 fully saturated rings. The zero-order valence-corrected chi connectivity index (χ0v) is 13.6. The van der Waals surface area contributed by atoms with Gasteiger partial charge in [0, 0.05) is 6.42 Å². The van der Waals surface area contributed by atoms with Crippen LogP contribution in [0.15, 0.2) is 10.5 Å². The van der Waals surface area contributed by atoms with E-state index in [0.717, 1.165) is 37.0 Å². The first kappa shape index (κ1) is 16.6. The number of carbonyl (C=O) groups excluding carboxylic acids is 1. The van der Waals surface area contributed by atoms with Crippen molar-refractivity contribution in [2.45, 2.75) is 64.8 Å². The highest BCUT2D eigenvalue weighted by atomic mass is 16.4. The Hall–Kier alpha value is -1.78. The average Bonchev–Trinajstić information content (AvgIpc) is 2.90. The van der Waals surface area contributed by atoms with Crippen LogP contribution in [0.3, 0.4) is 0 Å². The number of carboxylic acids is 1. The maximum Gasteiger partial charge on any atom is 0.308 e. The van der Waals surface area contributed by atoms with Crippen LogP contribution in [0.2, 0.25) is 0 Å². The summed E-state index contributed by atoms with van der Waals surface area (Å²) < 4.78 is 5.64. The minimum atomic E-state index is -0.842. The number of hydrogen-bond acceptors (Lipinski definition) is 3. The van der Waals surface area contributed by atoms with Crippen molar-refractivity contribution in [2.24, 2.45) is 5.92 Å². The summed E-state index contributed by atoms with van der Waals surface area (Å²) >= 11 is 0. The molecule has 0 saturated heterocycles. The van der Waals surface area contributed by atoms with Crippen LogP contribution >= 0.6 is 0 Å². The normalized spacial score (nSPS) is 25.0. The van der Waals surface area contributed by atoms with Crippen molar-refractivity contribution in [3.8, 4) is 0 Å². The smallest absolute Gasteiger partial charge is 0.308 e. The van der Waals surface area contributed by atoms with Gasteiger partial charge in [0.25, 0.3) is 5.91 Å². The molecule has 2 N–H and O–H groups in total. The van der Waals surface area contributed by atoms with E-state index in [1.807, 2.05) is 20.8 Å². The van der Waals surface area contributed by atoms with Crippen LogP contribution in [0.25, 0.3) is 0 Å². The predicted molar refractivity (Wildman–Crippen MR) is 82.9 cm³/mol. The first-order valence-corrected chi connectivity index (χ1v) is 8.08. The lowest BCUT2D eigenvalue weighted by atomic mass is 9.74. The number of nitrogens with one attached hydrogen (secondary N) is 1. The standard InChI is InChI=1S/C17H25NO4/c1-4-11-10-14(22-13(11)5-2)15(19)18-17(3)9-7-6-8-12(17)16(20)21/h10,12H,4-9H2,1-3H3,(H,18,19)(H,20,21). The number of hydrogen-bond donors (Lipinski definition) is 2. The minimum absolute atomic E-state index is 0.282. The fourth-order valence-electron chi connectivity index (χ4n) is 3.38. The molecule has 0 bridgehead atoms. The lowest BCUT2D eigenvalue weighted by Crippen LogP contribution is -2.55. The molecule has 0 aromatic carbocycles. The van der Waals surface area contributed by atoms with Crippen molar-refractivity contribution < 1.29 is 19.1 Å². The molecule has 0 aliphatic heterocycles. The van der Waals surface area contributed by atoms with Gasteiger partial charge in [-0.2, -0.15) is 0 Å². The zero-order valence-electron chi connectivity index (χ0n) is 13.6. The van der Waals surface area contributed by atoms with Gasteiger partial charge < -0.3 is 14.8 Å². The van der Waals surface area contributed by atoms with Crippen molar-refractivity contribution in [1.82, 2.24) is 5.32 Å². The quantitative estimate of drug-likeness (QED) is 0.875. The average molecular weight is 307 g/mol. The summed E-state index contributed by atoms with van der Waals surface area (Å²) in [5.41, 5.74) is 0.323. The van der Waals surface area contributed by atoms with E-state index in [2.05, 4.69) is 5.32 Å². The van der Waals surface area contributed by atoms with Crippen LogP contribution in [0.5, 0.6) is 0 Å². The monoisotopic (exact) mass is 307 g/mol. The summed E-state index contributed by atoms with van der Waals surface area (Å²) in [5, 5.41) is 12.3. The second-order valence-corrected chi connectivity index (χ2v) is 6.27. The van der Waals surface area contributed by atoms with E-state index in [1.54, 1.807) is 6.07 Å². The summed E-state index contributed by atoms with van der Waals surface area (Å²) in [5.74, 6) is -0.590. The number of carboxylic acid groups (broad SMARTS) is 1. The molecule has 1 amide bonds. The molecule has 1 aromatic rings. The van der Waals surface area contributed by atoms with E-state index >= 15 is 0 Å². The summed E-state index contributed by atoms with van der Waals surface area (Å²) in [4.78, 5) is 23.9. The van der Waals surface area contributed by atoms with Gasteiger partial charge in [-0.3, -0.25) is 9.59 Å². The molecule has 2 unspecified atom stereocenters. The Labute approximate surface area is 131 Å². The van der Waals surface area contributed by atoms with Gasteiger partial charge in [-0.15, -0.1) is 0 Å². The van der Waals surface area contributed by atoms with E-state index in [1.165, 1.54) is 0 Å². The number of aryl methyl sites for hydroxylation is 2. The van der Waals surface area contributed by atoms with E-state index in [9.17, 15) is 14.7 Å². The van der Waals surface area contributed by atoms with Crippen molar-refractivity contribution in [1.29, 1.82) is 0 Å². The molecule has 1 saturated carbocycles. The van der Waals surface area contributed by atoms with Crippen LogP contribution in [0, 0.1) is 5.92 Å². The summed E-state index contributed by atoms with van der Waals surface area (Å²) in [6.45, 7) is 5.84. The van der Waals surface area contributed by atoms with Gasteiger partial charge in [0.15, 0.2) is 5.76 Å². The van der Waals surface area contributed by atoms with Crippen LogP contribution in [-0.4, -0.2) is 22.5 Å². The first-order valence-electron chi connectivity index (χ1n) is 8.08. The Balaban J connectivity index is 2.19. The predicted octanol–water partition coefficient (Wildman–Crippen LogP) is 3.17. The molecular formula is C17H25NO4. The highest BCUT2D eigenvalue weighted by Gasteiger charge is 2.42. The third kappa shape index (κ3) is 3.18. The molecule has 5 nitrogen and oxygen atoms in total. The molecule has 2 rings (SSSR count). The van der Waals surface area contributed by atoms with Gasteiger partial charge in [0.1, 0.15) is 5.76 Å². The van der Waals surface area contributed by atoms with Crippen LogP contribution in [-0.2, 0) is 17.6 Å². The van der Waals surface area contributed by atoms with E-state index in [0.29, 0.717) is 12.8 Å². The Bertz CT molecular complexity index is 542. The molecule has 1 aromatic heterocycles. The van der Waals surface area contributed by atoms with Crippen molar-refractivity contribution in [2.75, 3.05) is 0 Å².